The summed E-state index contributed by atoms with van der Waals surface area (Å²) < 4.78 is 43.9. The minimum Gasteiger partial charge on any atom is -0.493 e. The molecule has 0 bridgehead atoms. The Morgan fingerprint density at radius 2 is 1.51 bits per heavy atom. The van der Waals surface area contributed by atoms with Gasteiger partial charge in [0.25, 0.3) is 10.0 Å². The van der Waals surface area contributed by atoms with Crippen molar-refractivity contribution in [2.75, 3.05) is 32.2 Å². The zero-order valence-electron chi connectivity index (χ0n) is 19.2. The lowest BCUT2D eigenvalue weighted by Crippen LogP contribution is -2.40. The summed E-state index contributed by atoms with van der Waals surface area (Å²) in [7, 11) is 0.348. The number of nitrogens with one attached hydrogen (secondary N) is 1. The largest absolute Gasteiger partial charge is 0.493 e. The fourth-order valence-corrected chi connectivity index (χ4v) is 5.34. The van der Waals surface area contributed by atoms with Crippen molar-refractivity contribution in [3.63, 3.8) is 0 Å². The summed E-state index contributed by atoms with van der Waals surface area (Å²) in [6.45, 7) is -0.457. The molecule has 3 aromatic carbocycles. The summed E-state index contributed by atoms with van der Waals surface area (Å²) in [5.74, 6) is 0.681. The lowest BCUT2D eigenvalue weighted by Gasteiger charge is -2.24. The minimum atomic E-state index is -4.10. The molecule has 0 saturated heterocycles. The highest BCUT2D eigenvalue weighted by Gasteiger charge is 2.28. The van der Waals surface area contributed by atoms with Crippen molar-refractivity contribution in [1.29, 1.82) is 0 Å². The van der Waals surface area contributed by atoms with E-state index in [1.54, 1.807) is 30.3 Å². The van der Waals surface area contributed by atoms with Gasteiger partial charge in [0.05, 0.1) is 31.9 Å². The van der Waals surface area contributed by atoms with E-state index < -0.39 is 22.5 Å². The predicted octanol–water partition coefficient (Wildman–Crippen LogP) is 4.53. The molecular weight excluding hydrogens is 515 g/mol. The Morgan fingerprint density at radius 3 is 2.09 bits per heavy atom. The van der Waals surface area contributed by atoms with Gasteiger partial charge in [-0.15, -0.1) is 0 Å². The minimum absolute atomic E-state index is 0.0189. The highest BCUT2D eigenvalue weighted by Crippen LogP contribution is 2.39. The fourth-order valence-electron chi connectivity index (χ4n) is 3.40. The molecule has 0 aromatic heterocycles. The first kappa shape index (κ1) is 26.5. The van der Waals surface area contributed by atoms with Gasteiger partial charge in [-0.3, -0.25) is 9.10 Å². The Kier molecular flexibility index (Phi) is 8.71. The molecule has 1 amide bonds. The van der Waals surface area contributed by atoms with Crippen LogP contribution in [0, 0.1) is 0 Å². The fraction of sp³-hybridized carbons (Fsp3) is 0.208. The molecule has 0 aliphatic carbocycles. The first-order valence-electron chi connectivity index (χ1n) is 10.3. The van der Waals surface area contributed by atoms with Crippen LogP contribution in [0.1, 0.15) is 5.56 Å². The highest BCUT2D eigenvalue weighted by atomic mass is 35.5. The summed E-state index contributed by atoms with van der Waals surface area (Å²) in [5, 5.41) is 3.19. The van der Waals surface area contributed by atoms with Gasteiger partial charge in [-0.2, -0.15) is 0 Å². The van der Waals surface area contributed by atoms with Gasteiger partial charge in [-0.25, -0.2) is 8.42 Å². The number of methoxy groups -OCH3 is 3. The SMILES string of the molecule is COc1ccc(CNC(=O)CN(c2cc(Cl)cc(Cl)c2)S(=O)(=O)c2ccccc2)c(OC)c1OC. The Labute approximate surface area is 214 Å². The third-order valence-electron chi connectivity index (χ3n) is 5.02. The van der Waals surface area contributed by atoms with Crippen molar-refractivity contribution in [1.82, 2.24) is 5.32 Å². The molecular formula is C24H24Cl2N2O6S. The smallest absolute Gasteiger partial charge is 0.264 e. The molecule has 186 valence electrons. The second kappa shape index (κ2) is 11.5. The van der Waals surface area contributed by atoms with Crippen molar-refractivity contribution in [3.05, 3.63) is 76.3 Å². The van der Waals surface area contributed by atoms with Crippen LogP contribution in [0.2, 0.25) is 10.0 Å². The monoisotopic (exact) mass is 538 g/mol. The standard InChI is InChI=1S/C24H24Cl2N2O6S/c1-32-21-10-9-16(23(33-2)24(21)34-3)14-27-22(29)15-28(19-12-17(25)11-18(26)13-19)35(30,31)20-7-5-4-6-8-20/h4-13H,14-15H2,1-3H3,(H,27,29). The first-order valence-corrected chi connectivity index (χ1v) is 12.5. The summed E-state index contributed by atoms with van der Waals surface area (Å²) in [6.07, 6.45) is 0. The lowest BCUT2D eigenvalue weighted by atomic mass is 10.1. The zero-order valence-corrected chi connectivity index (χ0v) is 21.6. The highest BCUT2D eigenvalue weighted by molar-refractivity contribution is 7.92. The number of hydrogen-bond acceptors (Lipinski definition) is 6. The molecule has 1 N–H and O–H groups in total. The molecule has 3 rings (SSSR count). The Balaban J connectivity index is 1.89. The molecule has 0 aliphatic heterocycles. The second-order valence-corrected chi connectivity index (χ2v) is 9.96. The van der Waals surface area contributed by atoms with Crippen LogP contribution in [-0.4, -0.2) is 42.2 Å². The van der Waals surface area contributed by atoms with E-state index in [1.165, 1.54) is 51.7 Å². The van der Waals surface area contributed by atoms with Crippen molar-refractivity contribution in [3.8, 4) is 17.2 Å². The van der Waals surface area contributed by atoms with Gasteiger partial charge in [-0.05, 0) is 42.5 Å². The van der Waals surface area contributed by atoms with E-state index in [-0.39, 0.29) is 27.2 Å². The maximum absolute atomic E-state index is 13.4. The van der Waals surface area contributed by atoms with E-state index in [4.69, 9.17) is 37.4 Å². The van der Waals surface area contributed by atoms with E-state index in [0.29, 0.717) is 22.8 Å². The summed E-state index contributed by atoms with van der Waals surface area (Å²) in [6, 6.07) is 15.5. The summed E-state index contributed by atoms with van der Waals surface area (Å²) >= 11 is 12.2. The second-order valence-electron chi connectivity index (χ2n) is 7.22. The molecule has 0 aliphatic rings. The number of sulfonamides is 1. The van der Waals surface area contributed by atoms with Gasteiger partial charge >= 0.3 is 0 Å². The van der Waals surface area contributed by atoms with Gasteiger partial charge in [0.1, 0.15) is 6.54 Å². The van der Waals surface area contributed by atoms with Crippen molar-refractivity contribution in [2.24, 2.45) is 0 Å². The van der Waals surface area contributed by atoms with Crippen LogP contribution >= 0.6 is 23.2 Å². The quantitative estimate of drug-likeness (QED) is 0.407. The molecule has 0 unspecified atom stereocenters. The normalized spacial score (nSPS) is 11.0. The lowest BCUT2D eigenvalue weighted by molar-refractivity contribution is -0.119. The number of anilines is 1. The van der Waals surface area contributed by atoms with E-state index in [0.717, 1.165) is 4.31 Å². The number of halogens is 2. The molecule has 3 aromatic rings. The van der Waals surface area contributed by atoms with Crippen molar-refractivity contribution >= 4 is 44.8 Å². The van der Waals surface area contributed by atoms with Gasteiger partial charge in [-0.1, -0.05) is 41.4 Å². The average Bonchev–Trinajstić information content (AvgIpc) is 2.85. The maximum Gasteiger partial charge on any atom is 0.264 e. The zero-order chi connectivity index (χ0) is 25.6. The third-order valence-corrected chi connectivity index (χ3v) is 7.24. The van der Waals surface area contributed by atoms with Crippen LogP contribution in [0.4, 0.5) is 5.69 Å². The number of benzene rings is 3. The first-order chi connectivity index (χ1) is 16.7. The third kappa shape index (κ3) is 6.11. The topological polar surface area (TPSA) is 94.2 Å². The van der Waals surface area contributed by atoms with Crippen LogP contribution in [0.3, 0.4) is 0 Å². The Bertz CT molecular complexity index is 1280. The Hall–Kier alpha value is -3.14. The molecule has 0 spiro atoms. The molecule has 0 atom stereocenters. The number of rotatable bonds is 10. The van der Waals surface area contributed by atoms with E-state index in [1.807, 2.05) is 0 Å². The van der Waals surface area contributed by atoms with Crippen LogP contribution < -0.4 is 23.8 Å². The summed E-state index contributed by atoms with van der Waals surface area (Å²) in [4.78, 5) is 13.0. The van der Waals surface area contributed by atoms with Crippen LogP contribution in [0.25, 0.3) is 0 Å². The molecule has 11 heteroatoms. The van der Waals surface area contributed by atoms with Crippen molar-refractivity contribution in [2.45, 2.75) is 11.4 Å². The number of nitrogens with zero attached hydrogens (tertiary/aromatic N) is 1. The molecule has 0 saturated carbocycles. The van der Waals surface area contributed by atoms with E-state index >= 15 is 0 Å². The molecule has 35 heavy (non-hydrogen) atoms. The number of carbonyl (C=O) groups excluding carboxylic acids is 1. The average molecular weight is 539 g/mol. The molecule has 0 radical (unpaired) electrons. The van der Waals surface area contributed by atoms with Crippen LogP contribution in [0.15, 0.2) is 65.6 Å². The number of hydrogen-bond donors (Lipinski definition) is 1. The van der Waals surface area contributed by atoms with Gasteiger partial charge in [0, 0.05) is 22.2 Å². The van der Waals surface area contributed by atoms with Crippen LogP contribution in [0.5, 0.6) is 17.2 Å². The molecule has 0 heterocycles. The Morgan fingerprint density at radius 1 is 0.886 bits per heavy atom. The van der Waals surface area contributed by atoms with Crippen molar-refractivity contribution < 1.29 is 27.4 Å². The van der Waals surface area contributed by atoms with E-state index in [2.05, 4.69) is 5.32 Å². The number of carbonyl (C=O) groups is 1. The van der Waals surface area contributed by atoms with Gasteiger partial charge < -0.3 is 19.5 Å². The number of ether oxygens (including phenoxy) is 3. The van der Waals surface area contributed by atoms with Crippen LogP contribution in [-0.2, 0) is 21.4 Å². The summed E-state index contributed by atoms with van der Waals surface area (Å²) in [5.41, 5.74) is 0.770. The maximum atomic E-state index is 13.4. The predicted molar refractivity (Wildman–Crippen MR) is 135 cm³/mol. The number of amides is 1. The van der Waals surface area contributed by atoms with Gasteiger partial charge in [0.2, 0.25) is 11.7 Å². The molecule has 0 fully saturated rings. The van der Waals surface area contributed by atoms with E-state index in [9.17, 15) is 13.2 Å². The van der Waals surface area contributed by atoms with Gasteiger partial charge in [0.15, 0.2) is 11.5 Å². The molecule has 8 nitrogen and oxygen atoms in total.